The van der Waals surface area contributed by atoms with Gasteiger partial charge in [0.15, 0.2) is 6.10 Å². The van der Waals surface area contributed by atoms with E-state index in [0.29, 0.717) is 25.7 Å². The van der Waals surface area contributed by atoms with Gasteiger partial charge in [-0.1, -0.05) is 199 Å². The fourth-order valence-corrected chi connectivity index (χ4v) is 5.13. The second-order valence-corrected chi connectivity index (χ2v) is 13.7. The van der Waals surface area contributed by atoms with Gasteiger partial charge in [0.2, 0.25) is 0 Å². The minimum Gasteiger partial charge on any atom is -0.462 e. The molecular weight excluding hydrogens is 721 g/mol. The van der Waals surface area contributed by atoms with Crippen LogP contribution in [0.5, 0.6) is 0 Å². The maximum atomic E-state index is 12.7. The van der Waals surface area contributed by atoms with Gasteiger partial charge in [0.1, 0.15) is 13.2 Å². The van der Waals surface area contributed by atoms with Crippen molar-refractivity contribution < 1.29 is 28.6 Å². The molecule has 1 atom stereocenters. The zero-order valence-corrected chi connectivity index (χ0v) is 36.2. The van der Waals surface area contributed by atoms with E-state index in [0.717, 1.165) is 57.8 Å². The molecule has 0 aliphatic rings. The third-order valence-electron chi connectivity index (χ3n) is 8.33. The summed E-state index contributed by atoms with van der Waals surface area (Å²) in [6.07, 6.45) is 64.2. The Kier molecular flexibility index (Phi) is 41.3. The molecule has 0 rings (SSSR count). The molecule has 0 amide bonds. The quantitative estimate of drug-likeness (QED) is 0.0207. The molecule has 0 radical (unpaired) electrons. The zero-order chi connectivity index (χ0) is 42.3. The van der Waals surface area contributed by atoms with Crippen molar-refractivity contribution >= 4 is 17.9 Å². The summed E-state index contributed by atoms with van der Waals surface area (Å²) in [7, 11) is 0. The summed E-state index contributed by atoms with van der Waals surface area (Å²) in [5.74, 6) is -1.12. The molecule has 0 spiro atoms. The van der Waals surface area contributed by atoms with Gasteiger partial charge in [-0.25, -0.2) is 0 Å². The van der Waals surface area contributed by atoms with Gasteiger partial charge in [0.05, 0.1) is 0 Å². The Morgan fingerprint density at radius 3 is 1.21 bits per heavy atom. The maximum absolute atomic E-state index is 12.7. The van der Waals surface area contributed by atoms with Crippen LogP contribution >= 0.6 is 0 Å². The third kappa shape index (κ3) is 42.4. The first-order valence-corrected chi connectivity index (χ1v) is 22.0. The van der Waals surface area contributed by atoms with Gasteiger partial charge in [-0.2, -0.15) is 0 Å². The van der Waals surface area contributed by atoms with E-state index >= 15 is 0 Å². The molecule has 1 unspecified atom stereocenters. The monoisotopic (exact) mass is 797 g/mol. The van der Waals surface area contributed by atoms with Crippen LogP contribution in [0.15, 0.2) is 146 Å². The van der Waals surface area contributed by atoms with E-state index in [2.05, 4.69) is 57.2 Å². The number of allylic oxidation sites excluding steroid dienone is 24. The lowest BCUT2D eigenvalue weighted by Gasteiger charge is -2.18. The van der Waals surface area contributed by atoms with Crippen LogP contribution in [0.2, 0.25) is 0 Å². The summed E-state index contributed by atoms with van der Waals surface area (Å²) in [4.78, 5) is 37.7. The molecule has 0 aromatic rings. The van der Waals surface area contributed by atoms with Crippen LogP contribution in [0, 0.1) is 0 Å². The minimum absolute atomic E-state index is 0.141. The Morgan fingerprint density at radius 1 is 0.362 bits per heavy atom. The number of rotatable bonds is 36. The normalized spacial score (nSPS) is 13.5. The van der Waals surface area contributed by atoms with Gasteiger partial charge in [-0.05, 0) is 70.6 Å². The lowest BCUT2D eigenvalue weighted by Crippen LogP contribution is -2.30. The highest BCUT2D eigenvalue weighted by molar-refractivity contribution is 5.71. The predicted octanol–water partition coefficient (Wildman–Crippen LogP) is 14.1. The summed E-state index contributed by atoms with van der Waals surface area (Å²) in [6, 6.07) is 0. The van der Waals surface area contributed by atoms with Crippen molar-refractivity contribution in [2.45, 2.75) is 149 Å². The van der Waals surface area contributed by atoms with Gasteiger partial charge in [-0.3, -0.25) is 14.4 Å². The number of hydrogen-bond donors (Lipinski definition) is 0. The van der Waals surface area contributed by atoms with Crippen molar-refractivity contribution in [3.05, 3.63) is 146 Å². The summed E-state index contributed by atoms with van der Waals surface area (Å²) in [5.41, 5.74) is 0. The largest absolute Gasteiger partial charge is 0.462 e. The summed E-state index contributed by atoms with van der Waals surface area (Å²) in [6.45, 7) is 6.06. The van der Waals surface area contributed by atoms with E-state index in [1.165, 1.54) is 25.7 Å². The molecule has 320 valence electrons. The Hall–Kier alpha value is -4.71. The van der Waals surface area contributed by atoms with Crippen molar-refractivity contribution in [2.24, 2.45) is 0 Å². The van der Waals surface area contributed by atoms with Crippen molar-refractivity contribution in [3.8, 4) is 0 Å². The minimum atomic E-state index is -0.851. The van der Waals surface area contributed by atoms with Crippen molar-refractivity contribution in [1.29, 1.82) is 0 Å². The Morgan fingerprint density at radius 2 is 0.724 bits per heavy atom. The molecule has 0 bridgehead atoms. The molecule has 0 aromatic carbocycles. The highest BCUT2D eigenvalue weighted by Gasteiger charge is 2.19. The number of carbonyl (C=O) groups excluding carboxylic acids is 3. The fourth-order valence-electron chi connectivity index (χ4n) is 5.13. The van der Waals surface area contributed by atoms with E-state index in [9.17, 15) is 14.4 Å². The second kappa shape index (κ2) is 45.0. The fraction of sp³-hybridized carbons (Fsp3) is 0.481. The van der Waals surface area contributed by atoms with Crippen LogP contribution in [-0.2, 0) is 28.6 Å². The standard InChI is InChI=1S/C52H76O6/c1-4-7-10-13-16-19-22-25-28-30-33-36-39-42-45-51(54)57-48-49(58-52(55)46-43-40-37-34-31-27-24-21-18-15-12-9-6-3)47-56-50(53)44-41-38-35-32-29-26-23-20-17-14-11-8-5-2/h7-12,14-21,23-24,26-27,29,31-32,34-35,37,49H,4-6,13,22,25,28,30,33,36,38-48H2,1-3H3/b10-7+,11-8+,12-9+,17-14+,18-15+,19-16+,23-20+,24-21+,29-26+,31-27+,35-32+,37-34+. The topological polar surface area (TPSA) is 78.9 Å². The van der Waals surface area contributed by atoms with Gasteiger partial charge >= 0.3 is 17.9 Å². The number of carbonyl (C=O) groups is 3. The van der Waals surface area contributed by atoms with E-state index < -0.39 is 12.1 Å². The van der Waals surface area contributed by atoms with Gasteiger partial charge in [0, 0.05) is 19.3 Å². The average Bonchev–Trinajstić information content (AvgIpc) is 3.22. The molecule has 58 heavy (non-hydrogen) atoms. The van der Waals surface area contributed by atoms with E-state index in [1.54, 1.807) is 0 Å². The number of unbranched alkanes of at least 4 members (excludes halogenated alkanes) is 9. The van der Waals surface area contributed by atoms with Crippen molar-refractivity contribution in [3.63, 3.8) is 0 Å². The molecule has 0 aromatic heterocycles. The molecule has 0 aliphatic carbocycles. The Balaban J connectivity index is 4.66. The second-order valence-electron chi connectivity index (χ2n) is 13.7. The molecule has 6 heteroatoms. The van der Waals surface area contributed by atoms with Crippen molar-refractivity contribution in [1.82, 2.24) is 0 Å². The number of esters is 3. The van der Waals surface area contributed by atoms with Crippen LogP contribution < -0.4 is 0 Å². The predicted molar refractivity (Wildman–Crippen MR) is 246 cm³/mol. The first kappa shape index (κ1) is 53.3. The number of ether oxygens (including phenoxy) is 3. The SMILES string of the molecule is CC/C=C/C=C/C=C/C=C/C=C/CCCC(=O)OCC(COC(=O)CCCCCCCCC/C=C/C/C=C/CC)OC(=O)CCC/C=C/C=C/C=C/C=C/C=C/CC. The highest BCUT2D eigenvalue weighted by Crippen LogP contribution is 2.12. The van der Waals surface area contributed by atoms with Crippen LogP contribution in [-0.4, -0.2) is 37.2 Å². The Labute approximate surface area is 353 Å². The van der Waals surface area contributed by atoms with E-state index in [-0.39, 0.29) is 38.0 Å². The highest BCUT2D eigenvalue weighted by atomic mass is 16.6. The van der Waals surface area contributed by atoms with Crippen LogP contribution in [0.25, 0.3) is 0 Å². The third-order valence-corrected chi connectivity index (χ3v) is 8.33. The van der Waals surface area contributed by atoms with E-state index in [1.807, 2.05) is 109 Å². The lowest BCUT2D eigenvalue weighted by molar-refractivity contribution is -0.167. The Bertz CT molecular complexity index is 1380. The molecule has 6 nitrogen and oxygen atoms in total. The maximum Gasteiger partial charge on any atom is 0.306 e. The molecular formula is C52H76O6. The van der Waals surface area contributed by atoms with Crippen LogP contribution in [0.4, 0.5) is 0 Å². The molecule has 0 N–H and O–H groups in total. The first-order chi connectivity index (χ1) is 28.5. The molecule has 0 saturated carbocycles. The van der Waals surface area contributed by atoms with Crippen molar-refractivity contribution in [2.75, 3.05) is 13.2 Å². The van der Waals surface area contributed by atoms with Crippen LogP contribution in [0.3, 0.4) is 0 Å². The smallest absolute Gasteiger partial charge is 0.306 e. The zero-order valence-electron chi connectivity index (χ0n) is 36.2. The van der Waals surface area contributed by atoms with Crippen LogP contribution in [0.1, 0.15) is 143 Å². The molecule has 0 heterocycles. The summed E-state index contributed by atoms with van der Waals surface area (Å²) < 4.78 is 16.5. The molecule has 0 aliphatic heterocycles. The molecule has 0 fully saturated rings. The average molecular weight is 797 g/mol. The molecule has 0 saturated heterocycles. The van der Waals surface area contributed by atoms with Gasteiger partial charge < -0.3 is 14.2 Å². The van der Waals surface area contributed by atoms with Gasteiger partial charge in [-0.15, -0.1) is 0 Å². The summed E-state index contributed by atoms with van der Waals surface area (Å²) in [5, 5.41) is 0. The first-order valence-electron chi connectivity index (χ1n) is 22.0. The summed E-state index contributed by atoms with van der Waals surface area (Å²) >= 11 is 0. The lowest BCUT2D eigenvalue weighted by atomic mass is 10.1. The van der Waals surface area contributed by atoms with Gasteiger partial charge in [0.25, 0.3) is 0 Å². The number of hydrogen-bond acceptors (Lipinski definition) is 6. The van der Waals surface area contributed by atoms with E-state index in [4.69, 9.17) is 14.2 Å².